The molecular formula is C14H19N3O3. The number of hydrogen-bond acceptors (Lipinski definition) is 6. The summed E-state index contributed by atoms with van der Waals surface area (Å²) in [4.78, 5) is 4.35. The highest BCUT2D eigenvalue weighted by molar-refractivity contribution is 5.73. The summed E-state index contributed by atoms with van der Waals surface area (Å²) in [6.45, 7) is 3.64. The van der Waals surface area contributed by atoms with Crippen LogP contribution >= 0.6 is 0 Å². The van der Waals surface area contributed by atoms with E-state index in [-0.39, 0.29) is 0 Å². The van der Waals surface area contributed by atoms with E-state index in [1.54, 1.807) is 7.11 Å². The number of nitrogen functional groups attached to an aromatic ring is 1. The minimum Gasteiger partial charge on any atom is -0.398 e. The highest BCUT2D eigenvalue weighted by atomic mass is 16.5. The molecule has 0 saturated heterocycles. The summed E-state index contributed by atoms with van der Waals surface area (Å²) in [5.74, 6) is 1.06. The van der Waals surface area contributed by atoms with E-state index in [0.717, 1.165) is 11.1 Å². The number of hydrogen-bond donors (Lipinski definition) is 1. The van der Waals surface area contributed by atoms with E-state index >= 15 is 0 Å². The summed E-state index contributed by atoms with van der Waals surface area (Å²) in [5, 5.41) is 3.94. The van der Waals surface area contributed by atoms with E-state index in [9.17, 15) is 0 Å². The zero-order valence-corrected chi connectivity index (χ0v) is 11.8. The number of ether oxygens (including phenoxy) is 2. The van der Waals surface area contributed by atoms with Crippen LogP contribution in [0, 0.1) is 6.92 Å². The number of aromatic nitrogens is 2. The van der Waals surface area contributed by atoms with E-state index in [1.165, 1.54) is 0 Å². The molecule has 0 spiro atoms. The second kappa shape index (κ2) is 7.02. The van der Waals surface area contributed by atoms with Gasteiger partial charge in [-0.2, -0.15) is 4.98 Å². The third-order valence-corrected chi connectivity index (χ3v) is 2.89. The monoisotopic (exact) mass is 277 g/mol. The van der Waals surface area contributed by atoms with Crippen LogP contribution in [0.1, 0.15) is 11.4 Å². The van der Waals surface area contributed by atoms with Crippen molar-refractivity contribution in [3.8, 4) is 11.5 Å². The molecule has 0 radical (unpaired) electrons. The number of benzene rings is 1. The zero-order valence-electron chi connectivity index (χ0n) is 11.8. The van der Waals surface area contributed by atoms with Crippen molar-refractivity contribution in [1.29, 1.82) is 0 Å². The van der Waals surface area contributed by atoms with Crippen LogP contribution in [0.2, 0.25) is 0 Å². The van der Waals surface area contributed by atoms with Crippen molar-refractivity contribution >= 4 is 5.69 Å². The van der Waals surface area contributed by atoms with E-state index in [2.05, 4.69) is 10.1 Å². The van der Waals surface area contributed by atoms with Crippen molar-refractivity contribution in [2.45, 2.75) is 13.3 Å². The minimum absolute atomic E-state index is 0.451. The number of anilines is 1. The molecule has 6 nitrogen and oxygen atoms in total. The van der Waals surface area contributed by atoms with Gasteiger partial charge in [0.15, 0.2) is 5.82 Å². The van der Waals surface area contributed by atoms with Gasteiger partial charge in [0, 0.05) is 19.2 Å². The third kappa shape index (κ3) is 3.55. The first-order valence-corrected chi connectivity index (χ1v) is 6.47. The lowest BCUT2D eigenvalue weighted by molar-refractivity contribution is 0.0714. The quantitative estimate of drug-likeness (QED) is 0.614. The first-order chi connectivity index (χ1) is 9.72. The van der Waals surface area contributed by atoms with Gasteiger partial charge < -0.3 is 19.7 Å². The van der Waals surface area contributed by atoms with Gasteiger partial charge in [0.2, 0.25) is 0 Å². The van der Waals surface area contributed by atoms with E-state index in [4.69, 9.17) is 19.7 Å². The van der Waals surface area contributed by atoms with E-state index in [1.807, 2.05) is 25.1 Å². The maximum absolute atomic E-state index is 5.95. The molecule has 0 unspecified atom stereocenters. The summed E-state index contributed by atoms with van der Waals surface area (Å²) < 4.78 is 15.5. The molecule has 2 N–H and O–H groups in total. The van der Waals surface area contributed by atoms with Crippen LogP contribution in [-0.4, -0.2) is 37.1 Å². The van der Waals surface area contributed by atoms with Crippen LogP contribution in [-0.2, 0) is 15.9 Å². The fraction of sp³-hybridized carbons (Fsp3) is 0.429. The van der Waals surface area contributed by atoms with Gasteiger partial charge in [0.25, 0.3) is 5.89 Å². The summed E-state index contributed by atoms with van der Waals surface area (Å²) in [6, 6.07) is 5.68. The Labute approximate surface area is 117 Å². The Kier molecular flexibility index (Phi) is 5.09. The molecule has 1 aromatic carbocycles. The molecule has 2 rings (SSSR count). The maximum Gasteiger partial charge on any atom is 0.260 e. The van der Waals surface area contributed by atoms with Crippen molar-refractivity contribution in [2.24, 2.45) is 0 Å². The molecule has 6 heteroatoms. The Bertz CT molecular complexity index is 534. The van der Waals surface area contributed by atoms with Crippen molar-refractivity contribution in [3.63, 3.8) is 0 Å². The molecule has 108 valence electrons. The molecule has 2 aromatic rings. The number of nitrogens with zero attached hydrogens (tertiary/aromatic N) is 2. The Morgan fingerprint density at radius 3 is 2.85 bits per heavy atom. The second-order valence-electron chi connectivity index (χ2n) is 4.41. The molecule has 0 amide bonds. The van der Waals surface area contributed by atoms with Gasteiger partial charge in [-0.1, -0.05) is 17.3 Å². The van der Waals surface area contributed by atoms with Gasteiger partial charge >= 0.3 is 0 Å². The molecule has 0 fully saturated rings. The van der Waals surface area contributed by atoms with Crippen LogP contribution in [0.25, 0.3) is 11.5 Å². The summed E-state index contributed by atoms with van der Waals surface area (Å²) in [7, 11) is 1.64. The van der Waals surface area contributed by atoms with Gasteiger partial charge in [-0.15, -0.1) is 0 Å². The summed E-state index contributed by atoms with van der Waals surface area (Å²) >= 11 is 0. The number of aryl methyl sites for hydroxylation is 1. The number of rotatable bonds is 7. The first-order valence-electron chi connectivity index (χ1n) is 6.47. The normalized spacial score (nSPS) is 10.9. The standard InChI is InChI=1S/C14H19N3O3/c1-10-4-3-5-11(15)13(10)14-16-12(17-20-14)6-7-19-9-8-18-2/h3-5H,6-9,15H2,1-2H3. The van der Waals surface area contributed by atoms with Gasteiger partial charge in [0.1, 0.15) is 0 Å². The number of nitrogens with two attached hydrogens (primary N) is 1. The second-order valence-corrected chi connectivity index (χ2v) is 4.41. The molecule has 0 atom stereocenters. The predicted octanol–water partition coefficient (Wildman–Crippen LogP) is 1.83. The predicted molar refractivity (Wildman–Crippen MR) is 75.3 cm³/mol. The molecule has 1 aromatic heterocycles. The van der Waals surface area contributed by atoms with Crippen LogP contribution in [0.5, 0.6) is 0 Å². The Hall–Kier alpha value is -1.92. The lowest BCUT2D eigenvalue weighted by Crippen LogP contribution is -2.05. The molecular weight excluding hydrogens is 258 g/mol. The van der Waals surface area contributed by atoms with Crippen LogP contribution in [0.4, 0.5) is 5.69 Å². The highest BCUT2D eigenvalue weighted by Crippen LogP contribution is 2.27. The Morgan fingerprint density at radius 1 is 1.25 bits per heavy atom. The minimum atomic E-state index is 0.451. The van der Waals surface area contributed by atoms with Gasteiger partial charge in [-0.3, -0.25) is 0 Å². The molecule has 0 aliphatic rings. The molecule has 1 heterocycles. The molecule has 0 saturated carbocycles. The average molecular weight is 277 g/mol. The van der Waals surface area contributed by atoms with Gasteiger partial charge in [-0.25, -0.2) is 0 Å². The van der Waals surface area contributed by atoms with Crippen molar-refractivity contribution in [2.75, 3.05) is 32.7 Å². The largest absolute Gasteiger partial charge is 0.398 e. The summed E-state index contributed by atoms with van der Waals surface area (Å²) in [6.07, 6.45) is 0.596. The highest BCUT2D eigenvalue weighted by Gasteiger charge is 2.13. The van der Waals surface area contributed by atoms with E-state index < -0.39 is 0 Å². The summed E-state index contributed by atoms with van der Waals surface area (Å²) in [5.41, 5.74) is 8.40. The SMILES string of the molecule is COCCOCCc1noc(-c2c(C)cccc2N)n1. The average Bonchev–Trinajstić information content (AvgIpc) is 2.87. The molecule has 0 aliphatic heterocycles. The lowest BCUT2D eigenvalue weighted by Gasteiger charge is -2.03. The van der Waals surface area contributed by atoms with Crippen LogP contribution < -0.4 is 5.73 Å². The smallest absolute Gasteiger partial charge is 0.260 e. The molecule has 0 bridgehead atoms. The van der Waals surface area contributed by atoms with Crippen molar-refractivity contribution in [3.05, 3.63) is 29.6 Å². The Balaban J connectivity index is 1.98. The van der Waals surface area contributed by atoms with Crippen LogP contribution in [0.3, 0.4) is 0 Å². The van der Waals surface area contributed by atoms with Crippen molar-refractivity contribution in [1.82, 2.24) is 10.1 Å². The lowest BCUT2D eigenvalue weighted by atomic mass is 10.1. The van der Waals surface area contributed by atoms with Gasteiger partial charge in [0.05, 0.1) is 25.4 Å². The fourth-order valence-corrected chi connectivity index (χ4v) is 1.85. The molecule has 20 heavy (non-hydrogen) atoms. The fourth-order valence-electron chi connectivity index (χ4n) is 1.85. The molecule has 0 aliphatic carbocycles. The van der Waals surface area contributed by atoms with E-state index in [0.29, 0.717) is 43.6 Å². The maximum atomic E-state index is 5.95. The zero-order chi connectivity index (χ0) is 14.4. The first kappa shape index (κ1) is 14.5. The third-order valence-electron chi connectivity index (χ3n) is 2.89. The topological polar surface area (TPSA) is 83.4 Å². The Morgan fingerprint density at radius 2 is 2.10 bits per heavy atom. The van der Waals surface area contributed by atoms with Crippen LogP contribution in [0.15, 0.2) is 22.7 Å². The van der Waals surface area contributed by atoms with Crippen molar-refractivity contribution < 1.29 is 14.0 Å². The number of methoxy groups -OCH3 is 1. The van der Waals surface area contributed by atoms with Gasteiger partial charge in [-0.05, 0) is 18.6 Å².